The Balaban J connectivity index is 2.17. The van der Waals surface area contributed by atoms with E-state index in [0.717, 1.165) is 31.6 Å². The first-order valence-corrected chi connectivity index (χ1v) is 6.97. The number of hydrogen-bond acceptors (Lipinski definition) is 3. The molecule has 1 fully saturated rings. The maximum atomic E-state index is 12.5. The van der Waals surface area contributed by atoms with Crippen molar-refractivity contribution in [1.82, 2.24) is 10.6 Å². The molecule has 1 aromatic carbocycles. The molecule has 4 nitrogen and oxygen atoms in total. The molecule has 104 valence electrons. The number of amides is 1. The Morgan fingerprint density at radius 1 is 1.21 bits per heavy atom. The number of carbonyl (C=O) groups is 1. The van der Waals surface area contributed by atoms with E-state index < -0.39 is 5.54 Å². The van der Waals surface area contributed by atoms with Crippen molar-refractivity contribution in [3.8, 4) is 0 Å². The van der Waals surface area contributed by atoms with E-state index >= 15 is 0 Å². The molecule has 0 spiro atoms. The normalized spacial score (nSPS) is 18.1. The van der Waals surface area contributed by atoms with Crippen LogP contribution in [0.1, 0.15) is 26.7 Å². The molecule has 0 aliphatic carbocycles. The Morgan fingerprint density at radius 3 is 2.42 bits per heavy atom. The fourth-order valence-corrected chi connectivity index (χ4v) is 2.46. The number of carbonyl (C=O) groups excluding carboxylic acids is 1. The molecule has 1 saturated heterocycles. The zero-order valence-corrected chi connectivity index (χ0v) is 11.7. The van der Waals surface area contributed by atoms with Gasteiger partial charge in [-0.25, -0.2) is 0 Å². The summed E-state index contributed by atoms with van der Waals surface area (Å²) in [6.07, 6.45) is 1.61. The summed E-state index contributed by atoms with van der Waals surface area (Å²) in [7, 11) is 0. The lowest BCUT2D eigenvalue weighted by atomic mass is 9.86. The fourth-order valence-electron chi connectivity index (χ4n) is 2.46. The second-order valence-corrected chi connectivity index (χ2v) is 5.45. The summed E-state index contributed by atoms with van der Waals surface area (Å²) in [5.41, 5.74) is 0.514. The summed E-state index contributed by atoms with van der Waals surface area (Å²) in [6.45, 7) is 5.72. The van der Waals surface area contributed by atoms with Crippen LogP contribution in [0.5, 0.6) is 0 Å². The van der Waals surface area contributed by atoms with Gasteiger partial charge in [0.15, 0.2) is 0 Å². The van der Waals surface area contributed by atoms with Crippen LogP contribution in [0.15, 0.2) is 30.3 Å². The van der Waals surface area contributed by atoms with Crippen molar-refractivity contribution in [2.45, 2.75) is 38.3 Å². The highest BCUT2D eigenvalue weighted by Crippen LogP contribution is 2.24. The molecule has 1 amide bonds. The van der Waals surface area contributed by atoms with E-state index in [9.17, 15) is 4.79 Å². The van der Waals surface area contributed by atoms with Gasteiger partial charge in [-0.05, 0) is 51.9 Å². The van der Waals surface area contributed by atoms with Crippen molar-refractivity contribution < 1.29 is 4.79 Å². The number of anilines is 1. The van der Waals surface area contributed by atoms with Crippen LogP contribution in [0.2, 0.25) is 0 Å². The Hall–Kier alpha value is -1.55. The topological polar surface area (TPSA) is 53.2 Å². The largest absolute Gasteiger partial charge is 0.371 e. The zero-order chi connectivity index (χ0) is 13.7. The van der Waals surface area contributed by atoms with E-state index in [4.69, 9.17) is 0 Å². The van der Waals surface area contributed by atoms with Crippen molar-refractivity contribution >= 4 is 11.6 Å². The van der Waals surface area contributed by atoms with Crippen LogP contribution in [-0.4, -0.2) is 30.6 Å². The minimum absolute atomic E-state index is 0.104. The molecule has 1 aliphatic rings. The van der Waals surface area contributed by atoms with Gasteiger partial charge in [-0.3, -0.25) is 4.79 Å². The number of piperidine rings is 1. The number of benzene rings is 1. The maximum absolute atomic E-state index is 12.5. The molecule has 19 heavy (non-hydrogen) atoms. The van der Waals surface area contributed by atoms with Crippen LogP contribution in [-0.2, 0) is 4.79 Å². The Bertz CT molecular complexity index is 411. The molecule has 2 rings (SSSR count). The van der Waals surface area contributed by atoms with Crippen LogP contribution in [0, 0.1) is 0 Å². The number of nitrogens with one attached hydrogen (secondary N) is 3. The summed E-state index contributed by atoms with van der Waals surface area (Å²) < 4.78 is 0. The van der Waals surface area contributed by atoms with Crippen LogP contribution in [0.4, 0.5) is 5.69 Å². The predicted octanol–water partition coefficient (Wildman–Crippen LogP) is 1.75. The van der Waals surface area contributed by atoms with Gasteiger partial charge in [0.05, 0.1) is 0 Å². The van der Waals surface area contributed by atoms with Crippen LogP contribution >= 0.6 is 0 Å². The molecule has 0 atom stereocenters. The molecule has 0 radical (unpaired) electrons. The summed E-state index contributed by atoms with van der Waals surface area (Å²) in [4.78, 5) is 12.5. The third kappa shape index (κ3) is 3.47. The van der Waals surface area contributed by atoms with Crippen molar-refractivity contribution in [2.75, 3.05) is 18.4 Å². The van der Waals surface area contributed by atoms with Gasteiger partial charge < -0.3 is 16.0 Å². The van der Waals surface area contributed by atoms with Gasteiger partial charge in [-0.2, -0.15) is 0 Å². The second-order valence-electron chi connectivity index (χ2n) is 5.45. The molecule has 0 bridgehead atoms. The van der Waals surface area contributed by atoms with Gasteiger partial charge in [-0.15, -0.1) is 0 Å². The average molecular weight is 261 g/mol. The molecular formula is C15H23N3O. The van der Waals surface area contributed by atoms with Crippen molar-refractivity contribution in [2.24, 2.45) is 0 Å². The highest BCUT2D eigenvalue weighted by Gasteiger charge is 2.39. The summed E-state index contributed by atoms with van der Waals surface area (Å²) >= 11 is 0. The molecule has 3 N–H and O–H groups in total. The monoisotopic (exact) mass is 261 g/mol. The number of hydrogen-bond donors (Lipinski definition) is 3. The highest BCUT2D eigenvalue weighted by atomic mass is 16.2. The summed E-state index contributed by atoms with van der Waals surface area (Å²) in [6, 6.07) is 10.1. The third-order valence-corrected chi connectivity index (χ3v) is 3.47. The first kappa shape index (κ1) is 13.9. The lowest BCUT2D eigenvalue weighted by molar-refractivity contribution is -0.126. The van der Waals surface area contributed by atoms with Gasteiger partial charge in [0.1, 0.15) is 5.54 Å². The van der Waals surface area contributed by atoms with E-state index in [1.54, 1.807) is 0 Å². The van der Waals surface area contributed by atoms with Crippen molar-refractivity contribution in [3.05, 3.63) is 30.3 Å². The smallest absolute Gasteiger partial charge is 0.245 e. The van der Waals surface area contributed by atoms with Gasteiger partial charge in [-0.1, -0.05) is 18.2 Å². The molecular weight excluding hydrogens is 238 g/mol. The first-order valence-electron chi connectivity index (χ1n) is 6.97. The van der Waals surface area contributed by atoms with Gasteiger partial charge >= 0.3 is 0 Å². The molecule has 0 aromatic heterocycles. The molecule has 0 unspecified atom stereocenters. The van der Waals surface area contributed by atoms with Crippen LogP contribution in [0.3, 0.4) is 0 Å². The van der Waals surface area contributed by atoms with Gasteiger partial charge in [0, 0.05) is 11.7 Å². The van der Waals surface area contributed by atoms with Gasteiger partial charge in [0.25, 0.3) is 0 Å². The van der Waals surface area contributed by atoms with Crippen LogP contribution in [0.25, 0.3) is 0 Å². The Kier molecular flexibility index (Phi) is 4.43. The van der Waals surface area contributed by atoms with E-state index in [1.807, 2.05) is 44.2 Å². The standard InChI is InChI=1S/C15H23N3O/c1-12(2)17-14(19)15(8-10-16-11-9-15)18-13-6-4-3-5-7-13/h3-7,12,16,18H,8-11H2,1-2H3,(H,17,19). The first-order chi connectivity index (χ1) is 9.12. The van der Waals surface area contributed by atoms with E-state index in [1.165, 1.54) is 0 Å². The van der Waals surface area contributed by atoms with Crippen molar-refractivity contribution in [3.63, 3.8) is 0 Å². The quantitative estimate of drug-likeness (QED) is 0.774. The summed E-state index contributed by atoms with van der Waals surface area (Å²) in [5, 5.41) is 9.81. The maximum Gasteiger partial charge on any atom is 0.245 e. The molecule has 0 saturated carbocycles. The number of para-hydroxylation sites is 1. The lowest BCUT2D eigenvalue weighted by Crippen LogP contribution is -2.58. The lowest BCUT2D eigenvalue weighted by Gasteiger charge is -2.38. The van der Waals surface area contributed by atoms with Gasteiger partial charge in [0.2, 0.25) is 5.91 Å². The van der Waals surface area contributed by atoms with E-state index in [-0.39, 0.29) is 11.9 Å². The highest BCUT2D eigenvalue weighted by molar-refractivity contribution is 5.89. The van der Waals surface area contributed by atoms with E-state index in [2.05, 4.69) is 16.0 Å². The average Bonchev–Trinajstić information content (AvgIpc) is 2.40. The predicted molar refractivity (Wildman–Crippen MR) is 78.2 cm³/mol. The second kappa shape index (κ2) is 6.06. The molecule has 1 aromatic rings. The molecule has 4 heteroatoms. The fraction of sp³-hybridized carbons (Fsp3) is 0.533. The SMILES string of the molecule is CC(C)NC(=O)C1(Nc2ccccc2)CCNCC1. The molecule has 1 aliphatic heterocycles. The van der Waals surface area contributed by atoms with Crippen LogP contribution < -0.4 is 16.0 Å². The van der Waals surface area contributed by atoms with E-state index in [0.29, 0.717) is 0 Å². The Labute approximate surface area is 115 Å². The van der Waals surface area contributed by atoms with Crippen molar-refractivity contribution in [1.29, 1.82) is 0 Å². The minimum atomic E-state index is -0.489. The minimum Gasteiger partial charge on any atom is -0.371 e. The summed E-state index contributed by atoms with van der Waals surface area (Å²) in [5.74, 6) is 0.104. The Morgan fingerprint density at radius 2 is 1.84 bits per heavy atom. The third-order valence-electron chi connectivity index (χ3n) is 3.47. The zero-order valence-electron chi connectivity index (χ0n) is 11.7. The number of rotatable bonds is 4. The molecule has 1 heterocycles.